The van der Waals surface area contributed by atoms with Crippen LogP contribution in [0.5, 0.6) is 5.75 Å². The molecule has 0 radical (unpaired) electrons. The number of hydrogen-bond acceptors (Lipinski definition) is 5. The first-order valence-electron chi connectivity index (χ1n) is 7.17. The standard InChI is InChI=1S/C16H16N2O4S/c1-10-11(2)22-15-13(10)6-3-7-14(15)16(19)18-23(20,21)12-5-4-8-17-9-12/h3-11H,1-2H3,(H,18,19). The first-order chi connectivity index (χ1) is 10.9. The van der Waals surface area contributed by atoms with Crippen molar-refractivity contribution in [2.24, 2.45) is 0 Å². The summed E-state index contributed by atoms with van der Waals surface area (Å²) < 4.78 is 32.2. The molecule has 1 aromatic carbocycles. The number of rotatable bonds is 3. The molecule has 6 nitrogen and oxygen atoms in total. The van der Waals surface area contributed by atoms with Gasteiger partial charge in [-0.25, -0.2) is 13.1 Å². The number of carbonyl (C=O) groups is 1. The summed E-state index contributed by atoms with van der Waals surface area (Å²) >= 11 is 0. The number of nitrogens with zero attached hydrogens (tertiary/aromatic N) is 1. The second-order valence-corrected chi connectivity index (χ2v) is 7.14. The van der Waals surface area contributed by atoms with Crippen molar-refractivity contribution in [2.45, 2.75) is 30.8 Å². The lowest BCUT2D eigenvalue weighted by molar-refractivity contribution is 0.0976. The Morgan fingerprint density at radius 3 is 2.70 bits per heavy atom. The largest absolute Gasteiger partial charge is 0.489 e. The van der Waals surface area contributed by atoms with Crippen molar-refractivity contribution in [2.75, 3.05) is 0 Å². The van der Waals surface area contributed by atoms with Crippen molar-refractivity contribution < 1.29 is 17.9 Å². The van der Waals surface area contributed by atoms with Crippen LogP contribution in [0.4, 0.5) is 0 Å². The highest BCUT2D eigenvalue weighted by Crippen LogP contribution is 2.40. The third-order valence-corrected chi connectivity index (χ3v) is 5.28. The molecule has 2 aromatic rings. The van der Waals surface area contributed by atoms with Crippen molar-refractivity contribution in [3.05, 3.63) is 53.9 Å². The van der Waals surface area contributed by atoms with Gasteiger partial charge in [0.25, 0.3) is 15.9 Å². The molecule has 3 rings (SSSR count). The molecule has 2 unspecified atom stereocenters. The maximum absolute atomic E-state index is 12.4. The highest BCUT2D eigenvalue weighted by atomic mass is 32.2. The average Bonchev–Trinajstić information content (AvgIpc) is 2.83. The number of para-hydroxylation sites is 1. The lowest BCUT2D eigenvalue weighted by Gasteiger charge is -2.10. The molecule has 0 fully saturated rings. The molecule has 1 N–H and O–H groups in total. The predicted octanol–water partition coefficient (Wildman–Crippen LogP) is 2.08. The zero-order valence-corrected chi connectivity index (χ0v) is 13.5. The van der Waals surface area contributed by atoms with Gasteiger partial charge in [0, 0.05) is 23.9 Å². The van der Waals surface area contributed by atoms with E-state index in [1.54, 1.807) is 12.1 Å². The molecule has 0 spiro atoms. The summed E-state index contributed by atoms with van der Waals surface area (Å²) in [4.78, 5) is 16.1. The van der Waals surface area contributed by atoms with Crippen LogP contribution in [0.1, 0.15) is 35.7 Å². The zero-order valence-electron chi connectivity index (χ0n) is 12.7. The van der Waals surface area contributed by atoms with E-state index in [2.05, 4.69) is 9.71 Å². The Balaban J connectivity index is 1.92. The molecule has 0 saturated heterocycles. The Morgan fingerprint density at radius 1 is 1.22 bits per heavy atom. The van der Waals surface area contributed by atoms with Crippen LogP contribution in [0, 0.1) is 0 Å². The molecule has 7 heteroatoms. The van der Waals surface area contributed by atoms with Crippen LogP contribution < -0.4 is 9.46 Å². The molecule has 0 bridgehead atoms. The summed E-state index contributed by atoms with van der Waals surface area (Å²) in [6.45, 7) is 3.92. The third-order valence-electron chi connectivity index (χ3n) is 3.96. The molecule has 120 valence electrons. The van der Waals surface area contributed by atoms with Crippen molar-refractivity contribution in [3.8, 4) is 5.75 Å². The van der Waals surface area contributed by atoms with Crippen molar-refractivity contribution >= 4 is 15.9 Å². The van der Waals surface area contributed by atoms with Crippen LogP contribution in [-0.2, 0) is 10.0 Å². The van der Waals surface area contributed by atoms with Crippen LogP contribution in [0.2, 0.25) is 0 Å². The number of sulfonamides is 1. The Hall–Kier alpha value is -2.41. The quantitative estimate of drug-likeness (QED) is 0.930. The van der Waals surface area contributed by atoms with E-state index in [-0.39, 0.29) is 22.5 Å². The van der Waals surface area contributed by atoms with Crippen molar-refractivity contribution in [3.63, 3.8) is 0 Å². The molecule has 0 aliphatic carbocycles. The molecular formula is C16H16N2O4S. The van der Waals surface area contributed by atoms with E-state index in [0.717, 1.165) is 5.56 Å². The van der Waals surface area contributed by atoms with Crippen LogP contribution in [-0.4, -0.2) is 25.4 Å². The van der Waals surface area contributed by atoms with E-state index in [9.17, 15) is 13.2 Å². The number of aromatic nitrogens is 1. The summed E-state index contributed by atoms with van der Waals surface area (Å²) in [6.07, 6.45) is 2.58. The van der Waals surface area contributed by atoms with Gasteiger partial charge >= 0.3 is 0 Å². The Morgan fingerprint density at radius 2 is 2.00 bits per heavy atom. The van der Waals surface area contributed by atoms with Crippen LogP contribution in [0.15, 0.2) is 47.6 Å². The molecule has 2 atom stereocenters. The van der Waals surface area contributed by atoms with Crippen molar-refractivity contribution in [1.29, 1.82) is 0 Å². The van der Waals surface area contributed by atoms with Gasteiger partial charge in [-0.1, -0.05) is 19.1 Å². The lowest BCUT2D eigenvalue weighted by atomic mass is 9.97. The summed E-state index contributed by atoms with van der Waals surface area (Å²) in [5.41, 5.74) is 1.12. The van der Waals surface area contributed by atoms with E-state index < -0.39 is 15.9 Å². The van der Waals surface area contributed by atoms with E-state index in [4.69, 9.17) is 4.74 Å². The fourth-order valence-electron chi connectivity index (χ4n) is 2.51. The lowest BCUT2D eigenvalue weighted by Crippen LogP contribution is -2.31. The summed E-state index contributed by atoms with van der Waals surface area (Å²) in [5.74, 6) is -0.119. The minimum absolute atomic E-state index is 0.0612. The molecule has 23 heavy (non-hydrogen) atoms. The Bertz CT molecular complexity index is 850. The van der Waals surface area contributed by atoms with Gasteiger partial charge in [0.2, 0.25) is 0 Å². The van der Waals surface area contributed by atoms with Crippen LogP contribution in [0.3, 0.4) is 0 Å². The molecule has 1 amide bonds. The van der Waals surface area contributed by atoms with Gasteiger partial charge in [-0.05, 0) is 25.1 Å². The maximum atomic E-state index is 12.4. The second kappa shape index (κ2) is 5.66. The number of nitrogens with one attached hydrogen (secondary N) is 1. The average molecular weight is 332 g/mol. The molecule has 1 aliphatic rings. The summed E-state index contributed by atoms with van der Waals surface area (Å²) in [5, 5.41) is 0. The third kappa shape index (κ3) is 2.79. The smallest absolute Gasteiger partial charge is 0.268 e. The number of ether oxygens (including phenoxy) is 1. The zero-order chi connectivity index (χ0) is 16.6. The number of amides is 1. The predicted molar refractivity (Wildman–Crippen MR) is 83.8 cm³/mol. The van der Waals surface area contributed by atoms with E-state index in [1.807, 2.05) is 19.9 Å². The topological polar surface area (TPSA) is 85.4 Å². The van der Waals surface area contributed by atoms with Gasteiger partial charge in [-0.3, -0.25) is 9.78 Å². The molecule has 0 saturated carbocycles. The SMILES string of the molecule is CC1Oc2c(C(=O)NS(=O)(=O)c3cccnc3)cccc2C1C. The number of fused-ring (bicyclic) bond motifs is 1. The normalized spacial score (nSPS) is 19.7. The summed E-state index contributed by atoms with van der Waals surface area (Å²) in [7, 11) is -3.97. The fourth-order valence-corrected chi connectivity index (χ4v) is 3.44. The van der Waals surface area contributed by atoms with E-state index >= 15 is 0 Å². The Kier molecular flexibility index (Phi) is 3.81. The fraction of sp³-hybridized carbons (Fsp3) is 0.250. The minimum atomic E-state index is -3.97. The monoisotopic (exact) mass is 332 g/mol. The second-order valence-electron chi connectivity index (χ2n) is 5.46. The van der Waals surface area contributed by atoms with Gasteiger partial charge in [0.05, 0.1) is 5.56 Å². The van der Waals surface area contributed by atoms with Gasteiger partial charge in [0.15, 0.2) is 0 Å². The Labute approximate surface area is 134 Å². The van der Waals surface area contributed by atoms with Gasteiger partial charge in [0.1, 0.15) is 16.7 Å². The van der Waals surface area contributed by atoms with Crippen LogP contribution in [0.25, 0.3) is 0 Å². The maximum Gasteiger partial charge on any atom is 0.268 e. The van der Waals surface area contributed by atoms with Crippen molar-refractivity contribution in [1.82, 2.24) is 9.71 Å². The molecular weight excluding hydrogens is 316 g/mol. The summed E-state index contributed by atoms with van der Waals surface area (Å²) in [6, 6.07) is 8.03. The number of hydrogen-bond donors (Lipinski definition) is 1. The number of carbonyl (C=O) groups excluding carboxylic acids is 1. The van der Waals surface area contributed by atoms with Crippen LogP contribution >= 0.6 is 0 Å². The van der Waals surface area contributed by atoms with Gasteiger partial charge < -0.3 is 4.74 Å². The highest BCUT2D eigenvalue weighted by Gasteiger charge is 2.32. The van der Waals surface area contributed by atoms with Gasteiger partial charge in [-0.2, -0.15) is 0 Å². The van der Waals surface area contributed by atoms with E-state index in [0.29, 0.717) is 5.75 Å². The molecule has 2 heterocycles. The van der Waals surface area contributed by atoms with E-state index in [1.165, 1.54) is 24.5 Å². The number of benzene rings is 1. The first-order valence-corrected chi connectivity index (χ1v) is 8.65. The highest BCUT2D eigenvalue weighted by molar-refractivity contribution is 7.90. The van der Waals surface area contributed by atoms with Gasteiger partial charge in [-0.15, -0.1) is 0 Å². The molecule has 1 aromatic heterocycles. The minimum Gasteiger partial charge on any atom is -0.489 e. The number of pyridine rings is 1. The first kappa shape index (κ1) is 15.5. The molecule has 1 aliphatic heterocycles.